The summed E-state index contributed by atoms with van der Waals surface area (Å²) in [5.74, 6) is 0. The first-order valence-corrected chi connectivity index (χ1v) is 3.20. The van der Waals surface area contributed by atoms with Crippen LogP contribution in [0, 0.1) is 8.46 Å². The van der Waals surface area contributed by atoms with E-state index in [0.717, 1.165) is 3.82 Å². The number of aromatic nitrogens is 2. The Morgan fingerprint density at radius 1 is 1.38 bits per heavy atom. The van der Waals surface area contributed by atoms with Crippen molar-refractivity contribution >= 4 is 36.0 Å². The Kier molecular flexibility index (Phi) is 3.06. The van der Waals surface area contributed by atoms with Gasteiger partial charge in [0, 0.05) is 0 Å². The minimum Gasteiger partial charge on any atom is -0.412 e. The van der Waals surface area contributed by atoms with Crippen molar-refractivity contribution < 1.29 is 5.48 Å². The Morgan fingerprint density at radius 2 is 2.00 bits per heavy atom. The fourth-order valence-electron chi connectivity index (χ4n) is 0.216. The van der Waals surface area contributed by atoms with E-state index in [2.05, 4.69) is 9.59 Å². The largest absolute Gasteiger partial charge is 0.412 e. The first-order chi connectivity index (χ1) is 3.30. The fraction of sp³-hybridized carbons (Fsp3) is 0. The first kappa shape index (κ1) is 7.96. The molecule has 46 valence electrons. The van der Waals surface area contributed by atoms with Crippen LogP contribution in [0.2, 0.25) is 0 Å². The molecule has 0 unspecified atom stereocenters. The van der Waals surface area contributed by atoms with Gasteiger partial charge in [-0.25, -0.2) is 0 Å². The molecule has 0 aliphatic rings. The van der Waals surface area contributed by atoms with Crippen molar-refractivity contribution in [2.24, 2.45) is 0 Å². The van der Waals surface area contributed by atoms with Crippen molar-refractivity contribution in [3.05, 3.63) is 8.46 Å². The van der Waals surface area contributed by atoms with Gasteiger partial charge in [0.05, 0.1) is 0 Å². The summed E-state index contributed by atoms with van der Waals surface area (Å²) < 4.78 is 4.05. The van der Waals surface area contributed by atoms with Crippen LogP contribution in [0.5, 0.6) is 0 Å². The molecule has 4 N–H and O–H groups in total. The summed E-state index contributed by atoms with van der Waals surface area (Å²) in [4.78, 5) is 0. The van der Waals surface area contributed by atoms with E-state index in [9.17, 15) is 0 Å². The maximum Gasteiger partial charge on any atom is 0.148 e. The van der Waals surface area contributed by atoms with Crippen LogP contribution in [0.1, 0.15) is 0 Å². The predicted octanol–water partition coefficient (Wildman–Crippen LogP) is 1.04. The van der Waals surface area contributed by atoms with Gasteiger partial charge in [0.2, 0.25) is 0 Å². The molecule has 1 rings (SSSR count). The number of rotatable bonds is 0. The van der Waals surface area contributed by atoms with E-state index >= 15 is 0 Å². The summed E-state index contributed by atoms with van der Waals surface area (Å²) in [5.41, 5.74) is 0. The summed E-state index contributed by atoms with van der Waals surface area (Å²) in [6.07, 6.45) is 0. The van der Waals surface area contributed by atoms with Crippen molar-refractivity contribution in [1.29, 1.82) is 0 Å². The first-order valence-electron chi connectivity index (χ1n) is 1.57. The molecule has 0 atom stereocenters. The van der Waals surface area contributed by atoms with Gasteiger partial charge in [-0.1, -0.05) is 24.4 Å². The molecule has 0 aliphatic carbocycles. The monoisotopic (exact) mass is 168 g/mol. The van der Waals surface area contributed by atoms with E-state index in [0.29, 0.717) is 4.64 Å². The van der Waals surface area contributed by atoms with Gasteiger partial charge < -0.3 is 5.48 Å². The molecule has 0 bridgehead atoms. The van der Waals surface area contributed by atoms with Crippen molar-refractivity contribution in [1.82, 2.24) is 9.59 Å². The molecule has 3 nitrogen and oxygen atoms in total. The van der Waals surface area contributed by atoms with Crippen LogP contribution in [0.4, 0.5) is 0 Å². The smallest absolute Gasteiger partial charge is 0.148 e. The van der Waals surface area contributed by atoms with Crippen molar-refractivity contribution in [3.63, 3.8) is 0 Å². The average Bonchev–Trinajstić information content (AvgIpc) is 1.91. The molecule has 1 heterocycles. The number of H-pyrrole nitrogens is 2. The van der Waals surface area contributed by atoms with Crippen molar-refractivity contribution in [2.45, 2.75) is 0 Å². The van der Waals surface area contributed by atoms with Gasteiger partial charge in [0.25, 0.3) is 0 Å². The third-order valence-corrected chi connectivity index (χ3v) is 2.11. The van der Waals surface area contributed by atoms with Gasteiger partial charge in [0.15, 0.2) is 0 Å². The highest BCUT2D eigenvalue weighted by atomic mass is 32.2. The number of hydrogen-bond donors (Lipinski definition) is 2. The van der Waals surface area contributed by atoms with E-state index in [1.54, 1.807) is 0 Å². The number of hydrogen-bond acceptors (Lipinski definition) is 3. The maximum atomic E-state index is 4.74. The van der Waals surface area contributed by atoms with E-state index < -0.39 is 0 Å². The molecule has 6 heteroatoms. The fourth-order valence-corrected chi connectivity index (χ4v) is 1.02. The Morgan fingerprint density at radius 3 is 2.12 bits per heavy atom. The molecule has 0 amide bonds. The third-order valence-electron chi connectivity index (χ3n) is 0.494. The second-order valence-electron chi connectivity index (χ2n) is 0.946. The zero-order valence-electron chi connectivity index (χ0n) is 3.72. The lowest BCUT2D eigenvalue weighted by Crippen LogP contribution is -1.57. The van der Waals surface area contributed by atoms with E-state index in [1.165, 1.54) is 11.5 Å². The maximum absolute atomic E-state index is 4.74. The van der Waals surface area contributed by atoms with Gasteiger partial charge in [-0.3, -0.25) is 9.59 Å². The van der Waals surface area contributed by atoms with E-state index in [-0.39, 0.29) is 5.48 Å². The average molecular weight is 168 g/mol. The molecule has 1 aromatic heterocycles. The van der Waals surface area contributed by atoms with Crippen LogP contribution in [0.3, 0.4) is 0 Å². The van der Waals surface area contributed by atoms with E-state index in [4.69, 9.17) is 24.4 Å². The molecule has 0 saturated carbocycles. The quantitative estimate of drug-likeness (QED) is 0.568. The highest BCUT2D eigenvalue weighted by molar-refractivity contribution is 7.75. The highest BCUT2D eigenvalue weighted by Crippen LogP contribution is 1.93. The summed E-state index contributed by atoms with van der Waals surface area (Å²) in [6.45, 7) is 0. The summed E-state index contributed by atoms with van der Waals surface area (Å²) in [7, 11) is 0. The molecule has 8 heavy (non-hydrogen) atoms. The molecular formula is C2H4N2OS3. The molecule has 0 aliphatic heterocycles. The topological polar surface area (TPSA) is 63.1 Å². The summed E-state index contributed by atoms with van der Waals surface area (Å²) in [6, 6.07) is 0. The minimum atomic E-state index is 0. The normalized spacial score (nSPS) is 8.00. The van der Waals surface area contributed by atoms with Gasteiger partial charge in [0.1, 0.15) is 8.46 Å². The zero-order valence-corrected chi connectivity index (χ0v) is 6.17. The van der Waals surface area contributed by atoms with Crippen molar-refractivity contribution in [3.8, 4) is 0 Å². The lowest BCUT2D eigenvalue weighted by molar-refractivity contribution is 0.824. The Hall–Kier alpha value is -0.0400. The van der Waals surface area contributed by atoms with Crippen LogP contribution < -0.4 is 0 Å². The standard InChI is InChI=1S/C2H2N2S3.H2O/c5-1-2(6)7-4-3-1;/h4H,(H,3,5);1H2. The molecule has 0 fully saturated rings. The van der Waals surface area contributed by atoms with Gasteiger partial charge in [-0.05, 0) is 11.5 Å². The zero-order chi connectivity index (χ0) is 5.28. The SMILES string of the molecule is O.S=c1[nH][nH]sc1=S. The van der Waals surface area contributed by atoms with Gasteiger partial charge in [-0.2, -0.15) is 0 Å². The number of aromatic amines is 2. The minimum absolute atomic E-state index is 0. The Labute approximate surface area is 59.8 Å². The second-order valence-corrected chi connectivity index (χ2v) is 2.84. The molecule has 0 spiro atoms. The second kappa shape index (κ2) is 3.08. The Balaban J connectivity index is 0.000000490. The van der Waals surface area contributed by atoms with Crippen LogP contribution in [0.25, 0.3) is 0 Å². The molecule has 0 saturated heterocycles. The highest BCUT2D eigenvalue weighted by Gasteiger charge is 1.77. The molecular weight excluding hydrogens is 164 g/mol. The number of nitrogens with one attached hydrogen (secondary N) is 2. The summed E-state index contributed by atoms with van der Waals surface area (Å²) >= 11 is 10.8. The van der Waals surface area contributed by atoms with Crippen LogP contribution in [-0.2, 0) is 0 Å². The molecule has 0 aromatic carbocycles. The van der Waals surface area contributed by atoms with E-state index in [1.807, 2.05) is 0 Å². The lowest BCUT2D eigenvalue weighted by Gasteiger charge is -1.56. The predicted molar refractivity (Wildman–Crippen MR) is 38.3 cm³/mol. The summed E-state index contributed by atoms with van der Waals surface area (Å²) in [5, 5.41) is 2.67. The van der Waals surface area contributed by atoms with Crippen LogP contribution in [-0.4, -0.2) is 15.1 Å². The van der Waals surface area contributed by atoms with Gasteiger partial charge >= 0.3 is 0 Å². The molecule has 1 aromatic rings. The van der Waals surface area contributed by atoms with Crippen molar-refractivity contribution in [2.75, 3.05) is 0 Å². The third kappa shape index (κ3) is 1.48. The van der Waals surface area contributed by atoms with Gasteiger partial charge in [-0.15, -0.1) is 0 Å². The molecule has 0 radical (unpaired) electrons. The van der Waals surface area contributed by atoms with Crippen LogP contribution in [0.15, 0.2) is 0 Å². The van der Waals surface area contributed by atoms with Crippen LogP contribution >= 0.6 is 36.0 Å². The Bertz CT molecular complexity index is 220. The lowest BCUT2D eigenvalue weighted by atomic mass is 11.0.